The first-order chi connectivity index (χ1) is 9.74. The monoisotopic (exact) mass is 272 g/mol. The SMILES string of the molecule is Nc1ncn(CC(=O)N2CCCC2c2ccncc2)n1. The van der Waals surface area contributed by atoms with Crippen molar-refractivity contribution in [3.8, 4) is 0 Å². The van der Waals surface area contributed by atoms with E-state index in [-0.39, 0.29) is 24.4 Å². The van der Waals surface area contributed by atoms with Gasteiger partial charge in [0.05, 0.1) is 6.04 Å². The molecule has 0 bridgehead atoms. The predicted molar refractivity (Wildman–Crippen MR) is 72.4 cm³/mol. The molecule has 7 nitrogen and oxygen atoms in total. The number of nitrogen functional groups attached to an aromatic ring is 1. The second-order valence-corrected chi connectivity index (χ2v) is 4.83. The number of carbonyl (C=O) groups excluding carboxylic acids is 1. The molecule has 1 amide bonds. The Morgan fingerprint density at radius 2 is 2.20 bits per heavy atom. The van der Waals surface area contributed by atoms with Gasteiger partial charge in [0.25, 0.3) is 0 Å². The van der Waals surface area contributed by atoms with E-state index in [9.17, 15) is 4.79 Å². The molecule has 2 aromatic heterocycles. The van der Waals surface area contributed by atoms with Gasteiger partial charge in [0.1, 0.15) is 12.9 Å². The summed E-state index contributed by atoms with van der Waals surface area (Å²) < 4.78 is 1.47. The van der Waals surface area contributed by atoms with Gasteiger partial charge in [0.15, 0.2) is 0 Å². The third kappa shape index (κ3) is 2.47. The van der Waals surface area contributed by atoms with E-state index in [2.05, 4.69) is 15.1 Å². The summed E-state index contributed by atoms with van der Waals surface area (Å²) in [6.07, 6.45) is 6.99. The molecule has 0 saturated carbocycles. The number of rotatable bonds is 3. The van der Waals surface area contributed by atoms with Crippen LogP contribution in [0, 0.1) is 0 Å². The fourth-order valence-electron chi connectivity index (χ4n) is 2.61. The molecule has 1 aliphatic heterocycles. The molecule has 3 rings (SSSR count). The van der Waals surface area contributed by atoms with Gasteiger partial charge in [-0.15, -0.1) is 5.10 Å². The zero-order valence-corrected chi connectivity index (χ0v) is 11.0. The fourth-order valence-corrected chi connectivity index (χ4v) is 2.61. The predicted octanol–water partition coefficient (Wildman–Crippen LogP) is 0.619. The zero-order valence-electron chi connectivity index (χ0n) is 11.0. The molecular weight excluding hydrogens is 256 g/mol. The number of hydrogen-bond donors (Lipinski definition) is 1. The van der Waals surface area contributed by atoms with E-state index < -0.39 is 0 Å². The van der Waals surface area contributed by atoms with Gasteiger partial charge in [-0.2, -0.15) is 0 Å². The summed E-state index contributed by atoms with van der Waals surface area (Å²) in [6.45, 7) is 0.946. The molecule has 0 aliphatic carbocycles. The summed E-state index contributed by atoms with van der Waals surface area (Å²) in [4.78, 5) is 22.1. The maximum absolute atomic E-state index is 12.4. The van der Waals surface area contributed by atoms with Crippen LogP contribution in [0.5, 0.6) is 0 Å². The minimum absolute atomic E-state index is 0.0363. The van der Waals surface area contributed by atoms with Crippen LogP contribution in [0.1, 0.15) is 24.4 Å². The van der Waals surface area contributed by atoms with E-state index in [0.29, 0.717) is 0 Å². The molecule has 2 N–H and O–H groups in total. The highest BCUT2D eigenvalue weighted by molar-refractivity contribution is 5.76. The molecule has 1 fully saturated rings. The van der Waals surface area contributed by atoms with Crippen LogP contribution >= 0.6 is 0 Å². The van der Waals surface area contributed by atoms with E-state index in [0.717, 1.165) is 24.9 Å². The summed E-state index contributed by atoms with van der Waals surface area (Å²) in [7, 11) is 0. The number of hydrogen-bond acceptors (Lipinski definition) is 5. The standard InChI is InChI=1S/C13H16N6O/c14-13-16-9-18(17-13)8-12(20)19-7-1-2-11(19)10-3-5-15-6-4-10/h3-6,9,11H,1-2,7-8H2,(H2,14,17). The Balaban J connectivity index is 1.73. The fraction of sp³-hybridized carbons (Fsp3) is 0.385. The van der Waals surface area contributed by atoms with Gasteiger partial charge in [0, 0.05) is 18.9 Å². The van der Waals surface area contributed by atoms with Crippen molar-refractivity contribution in [2.45, 2.75) is 25.4 Å². The highest BCUT2D eigenvalue weighted by atomic mass is 16.2. The quantitative estimate of drug-likeness (QED) is 0.884. The normalized spacial score (nSPS) is 18.4. The van der Waals surface area contributed by atoms with Crippen LogP contribution in [-0.2, 0) is 11.3 Å². The van der Waals surface area contributed by atoms with Crippen LogP contribution in [0.4, 0.5) is 5.95 Å². The zero-order chi connectivity index (χ0) is 13.9. The first kappa shape index (κ1) is 12.6. The van der Waals surface area contributed by atoms with Gasteiger partial charge < -0.3 is 10.6 Å². The van der Waals surface area contributed by atoms with Crippen molar-refractivity contribution in [2.24, 2.45) is 0 Å². The molecule has 1 saturated heterocycles. The van der Waals surface area contributed by atoms with Gasteiger partial charge >= 0.3 is 0 Å². The Morgan fingerprint density at radius 3 is 2.90 bits per heavy atom. The van der Waals surface area contributed by atoms with Gasteiger partial charge in [0.2, 0.25) is 11.9 Å². The number of carbonyl (C=O) groups is 1. The molecule has 1 atom stereocenters. The number of nitrogens with zero attached hydrogens (tertiary/aromatic N) is 5. The van der Waals surface area contributed by atoms with Crippen molar-refractivity contribution in [1.82, 2.24) is 24.6 Å². The number of pyridine rings is 1. The average Bonchev–Trinajstić information content (AvgIpc) is 3.09. The minimum Gasteiger partial charge on any atom is -0.367 e. The molecule has 0 aromatic carbocycles. The van der Waals surface area contributed by atoms with E-state index in [4.69, 9.17) is 5.73 Å². The lowest BCUT2D eigenvalue weighted by Crippen LogP contribution is -2.33. The second-order valence-electron chi connectivity index (χ2n) is 4.83. The Labute approximate surface area is 116 Å². The summed E-state index contributed by atoms with van der Waals surface area (Å²) >= 11 is 0. The smallest absolute Gasteiger partial charge is 0.244 e. The van der Waals surface area contributed by atoms with Crippen molar-refractivity contribution in [1.29, 1.82) is 0 Å². The van der Waals surface area contributed by atoms with E-state index in [1.165, 1.54) is 11.0 Å². The van der Waals surface area contributed by atoms with Crippen LogP contribution in [0.25, 0.3) is 0 Å². The Bertz CT molecular complexity index is 596. The molecule has 104 valence electrons. The first-order valence-corrected chi connectivity index (χ1v) is 6.58. The third-order valence-corrected chi connectivity index (χ3v) is 3.52. The highest BCUT2D eigenvalue weighted by Crippen LogP contribution is 2.31. The van der Waals surface area contributed by atoms with Crippen molar-refractivity contribution < 1.29 is 4.79 Å². The molecule has 0 radical (unpaired) electrons. The lowest BCUT2D eigenvalue weighted by Gasteiger charge is -2.24. The van der Waals surface area contributed by atoms with Gasteiger partial charge in [-0.3, -0.25) is 9.78 Å². The lowest BCUT2D eigenvalue weighted by molar-refractivity contribution is -0.133. The van der Waals surface area contributed by atoms with E-state index in [1.807, 2.05) is 17.0 Å². The molecule has 0 spiro atoms. The number of aromatic nitrogens is 4. The lowest BCUT2D eigenvalue weighted by atomic mass is 10.1. The van der Waals surface area contributed by atoms with E-state index in [1.54, 1.807) is 12.4 Å². The second kappa shape index (κ2) is 5.28. The van der Waals surface area contributed by atoms with Crippen molar-refractivity contribution in [3.05, 3.63) is 36.4 Å². The first-order valence-electron chi connectivity index (χ1n) is 6.58. The van der Waals surface area contributed by atoms with Gasteiger partial charge in [-0.25, -0.2) is 9.67 Å². The molecule has 2 aromatic rings. The van der Waals surface area contributed by atoms with Crippen LogP contribution in [0.2, 0.25) is 0 Å². The van der Waals surface area contributed by atoms with Gasteiger partial charge in [-0.05, 0) is 30.5 Å². The molecular formula is C13H16N6O. The molecule has 3 heterocycles. The van der Waals surface area contributed by atoms with Crippen LogP contribution in [-0.4, -0.2) is 37.1 Å². The van der Waals surface area contributed by atoms with Crippen LogP contribution < -0.4 is 5.73 Å². The Hall–Kier alpha value is -2.44. The van der Waals surface area contributed by atoms with Gasteiger partial charge in [-0.1, -0.05) is 0 Å². The minimum atomic E-state index is 0.0363. The average molecular weight is 272 g/mol. The molecule has 1 unspecified atom stereocenters. The number of nitrogens with two attached hydrogens (primary N) is 1. The molecule has 1 aliphatic rings. The number of anilines is 1. The van der Waals surface area contributed by atoms with Crippen LogP contribution in [0.15, 0.2) is 30.9 Å². The maximum Gasteiger partial charge on any atom is 0.244 e. The maximum atomic E-state index is 12.4. The molecule has 20 heavy (non-hydrogen) atoms. The Morgan fingerprint density at radius 1 is 1.40 bits per heavy atom. The van der Waals surface area contributed by atoms with Crippen molar-refractivity contribution in [3.63, 3.8) is 0 Å². The summed E-state index contributed by atoms with van der Waals surface area (Å²) in [5.41, 5.74) is 6.58. The molecule has 7 heteroatoms. The summed E-state index contributed by atoms with van der Waals surface area (Å²) in [6, 6.07) is 4.05. The summed E-state index contributed by atoms with van der Waals surface area (Å²) in [5.74, 6) is 0.221. The van der Waals surface area contributed by atoms with Crippen LogP contribution in [0.3, 0.4) is 0 Å². The largest absolute Gasteiger partial charge is 0.367 e. The topological polar surface area (TPSA) is 89.9 Å². The Kier molecular flexibility index (Phi) is 3.32. The highest BCUT2D eigenvalue weighted by Gasteiger charge is 2.29. The number of likely N-dealkylation sites (tertiary alicyclic amines) is 1. The van der Waals surface area contributed by atoms with Crippen molar-refractivity contribution in [2.75, 3.05) is 12.3 Å². The number of amides is 1. The summed E-state index contributed by atoms with van der Waals surface area (Å²) in [5, 5.41) is 3.95. The van der Waals surface area contributed by atoms with E-state index >= 15 is 0 Å². The van der Waals surface area contributed by atoms with Crippen molar-refractivity contribution >= 4 is 11.9 Å². The third-order valence-electron chi connectivity index (χ3n) is 3.52.